The number of aryl methyl sites for hydroxylation is 1. The molecule has 2 N–H and O–H groups in total. The first kappa shape index (κ1) is 15.7. The second kappa shape index (κ2) is 7.36. The van der Waals surface area contributed by atoms with Gasteiger partial charge in [-0.25, -0.2) is 0 Å². The number of benzene rings is 1. The number of hydrogen-bond acceptors (Lipinski definition) is 3. The predicted octanol–water partition coefficient (Wildman–Crippen LogP) is 3.68. The molecule has 122 valence electrons. The molecule has 0 amide bonds. The van der Waals surface area contributed by atoms with Crippen molar-refractivity contribution in [2.45, 2.75) is 57.9 Å². The van der Waals surface area contributed by atoms with Gasteiger partial charge in [-0.15, -0.1) is 0 Å². The summed E-state index contributed by atoms with van der Waals surface area (Å²) in [5.41, 5.74) is 9.74. The van der Waals surface area contributed by atoms with Gasteiger partial charge in [0.2, 0.25) is 0 Å². The lowest BCUT2D eigenvalue weighted by atomic mass is 9.99. The molecule has 3 heteroatoms. The Hall–Kier alpha value is -1.22. The predicted molar refractivity (Wildman–Crippen MR) is 95.5 cm³/mol. The van der Waals surface area contributed by atoms with Crippen LogP contribution in [0.5, 0.6) is 0 Å². The van der Waals surface area contributed by atoms with E-state index in [9.17, 15) is 0 Å². The molecule has 2 fully saturated rings. The van der Waals surface area contributed by atoms with Crippen LogP contribution >= 0.6 is 0 Å². The van der Waals surface area contributed by atoms with Crippen molar-refractivity contribution in [3.63, 3.8) is 0 Å². The maximum atomic E-state index is 6.10. The Morgan fingerprint density at radius 3 is 2.45 bits per heavy atom. The first-order valence-electron chi connectivity index (χ1n) is 9.15. The average Bonchev–Trinajstić information content (AvgIpc) is 2.58. The molecule has 2 aliphatic rings. The standard InChI is InChI=1S/C19H31N3/c1-2-6-16-15-18(7-8-19(16)20)22-13-9-17(10-14-22)21-11-4-3-5-12-21/h7-8,15,17H,2-6,9-14,20H2,1H3. The SMILES string of the molecule is CCCc1cc(N2CCC(N3CCCCC3)CC2)ccc1N. The van der Waals surface area contributed by atoms with E-state index < -0.39 is 0 Å². The van der Waals surface area contributed by atoms with Crippen molar-refractivity contribution in [3.05, 3.63) is 23.8 Å². The van der Waals surface area contributed by atoms with Crippen LogP contribution in [0.25, 0.3) is 0 Å². The van der Waals surface area contributed by atoms with Crippen LogP contribution < -0.4 is 10.6 Å². The fraction of sp³-hybridized carbons (Fsp3) is 0.684. The Kier molecular flexibility index (Phi) is 5.24. The van der Waals surface area contributed by atoms with Crippen molar-refractivity contribution in [3.8, 4) is 0 Å². The van der Waals surface area contributed by atoms with Gasteiger partial charge in [0.05, 0.1) is 0 Å². The molecule has 0 saturated carbocycles. The van der Waals surface area contributed by atoms with Crippen LogP contribution in [-0.4, -0.2) is 37.1 Å². The van der Waals surface area contributed by atoms with Crippen LogP contribution in [0.2, 0.25) is 0 Å². The molecule has 3 nitrogen and oxygen atoms in total. The highest BCUT2D eigenvalue weighted by Crippen LogP contribution is 2.27. The average molecular weight is 301 g/mol. The Bertz CT molecular complexity index is 472. The van der Waals surface area contributed by atoms with Crippen LogP contribution in [0.1, 0.15) is 51.0 Å². The summed E-state index contributed by atoms with van der Waals surface area (Å²) < 4.78 is 0. The summed E-state index contributed by atoms with van der Waals surface area (Å²) in [5, 5.41) is 0. The van der Waals surface area contributed by atoms with Crippen LogP contribution in [0.3, 0.4) is 0 Å². The third kappa shape index (κ3) is 3.57. The molecule has 0 unspecified atom stereocenters. The number of nitrogens with zero attached hydrogens (tertiary/aromatic N) is 2. The summed E-state index contributed by atoms with van der Waals surface area (Å²) in [6, 6.07) is 7.44. The van der Waals surface area contributed by atoms with E-state index in [4.69, 9.17) is 5.73 Å². The van der Waals surface area contributed by atoms with Crippen molar-refractivity contribution in [1.29, 1.82) is 0 Å². The summed E-state index contributed by atoms with van der Waals surface area (Å²) in [5.74, 6) is 0. The van der Waals surface area contributed by atoms with E-state index in [-0.39, 0.29) is 0 Å². The summed E-state index contributed by atoms with van der Waals surface area (Å²) in [4.78, 5) is 5.30. The summed E-state index contributed by atoms with van der Waals surface area (Å²) in [6.07, 6.45) is 9.10. The van der Waals surface area contributed by atoms with Crippen molar-refractivity contribution in [2.24, 2.45) is 0 Å². The first-order chi connectivity index (χ1) is 10.8. The van der Waals surface area contributed by atoms with E-state index in [1.165, 1.54) is 69.5 Å². The normalized spacial score (nSPS) is 21.2. The van der Waals surface area contributed by atoms with Gasteiger partial charge in [-0.2, -0.15) is 0 Å². The fourth-order valence-corrected chi connectivity index (χ4v) is 4.05. The lowest BCUT2D eigenvalue weighted by Crippen LogP contribution is -2.46. The number of hydrogen-bond donors (Lipinski definition) is 1. The molecule has 0 aliphatic carbocycles. The molecular weight excluding hydrogens is 270 g/mol. The molecule has 0 radical (unpaired) electrons. The van der Waals surface area contributed by atoms with Gasteiger partial charge in [0.15, 0.2) is 0 Å². The van der Waals surface area contributed by atoms with Crippen LogP contribution in [0, 0.1) is 0 Å². The Balaban J connectivity index is 1.60. The zero-order chi connectivity index (χ0) is 15.4. The smallest absolute Gasteiger partial charge is 0.0370 e. The minimum Gasteiger partial charge on any atom is -0.399 e. The second-order valence-corrected chi connectivity index (χ2v) is 6.95. The molecule has 2 aliphatic heterocycles. The van der Waals surface area contributed by atoms with E-state index in [0.29, 0.717) is 0 Å². The molecule has 1 aromatic carbocycles. The van der Waals surface area contributed by atoms with Crippen LogP contribution in [0.15, 0.2) is 18.2 Å². The Morgan fingerprint density at radius 1 is 1.05 bits per heavy atom. The van der Waals surface area contributed by atoms with Gasteiger partial charge in [-0.05, 0) is 69.0 Å². The van der Waals surface area contributed by atoms with Gasteiger partial charge in [-0.1, -0.05) is 19.8 Å². The highest BCUT2D eigenvalue weighted by Gasteiger charge is 2.25. The van der Waals surface area contributed by atoms with Gasteiger partial charge >= 0.3 is 0 Å². The third-order valence-corrected chi connectivity index (χ3v) is 5.38. The lowest BCUT2D eigenvalue weighted by Gasteiger charge is -2.41. The molecule has 22 heavy (non-hydrogen) atoms. The van der Waals surface area contributed by atoms with Gasteiger partial charge < -0.3 is 15.5 Å². The van der Waals surface area contributed by atoms with E-state index in [2.05, 4.69) is 34.9 Å². The van der Waals surface area contributed by atoms with Crippen molar-refractivity contribution >= 4 is 11.4 Å². The number of anilines is 2. The summed E-state index contributed by atoms with van der Waals surface area (Å²) in [6.45, 7) is 7.25. The van der Waals surface area contributed by atoms with Gasteiger partial charge in [-0.3, -0.25) is 0 Å². The molecule has 1 aromatic rings. The number of nitrogens with two attached hydrogens (primary N) is 1. The highest BCUT2D eigenvalue weighted by atomic mass is 15.2. The molecule has 2 saturated heterocycles. The van der Waals surface area contributed by atoms with E-state index in [1.54, 1.807) is 0 Å². The van der Waals surface area contributed by atoms with Crippen molar-refractivity contribution in [1.82, 2.24) is 4.90 Å². The molecule has 2 heterocycles. The topological polar surface area (TPSA) is 32.5 Å². The zero-order valence-electron chi connectivity index (χ0n) is 14.1. The monoisotopic (exact) mass is 301 g/mol. The Labute approximate surface area is 135 Å². The molecule has 0 spiro atoms. The molecular formula is C19H31N3. The zero-order valence-corrected chi connectivity index (χ0v) is 14.1. The number of rotatable bonds is 4. The molecule has 0 bridgehead atoms. The first-order valence-corrected chi connectivity index (χ1v) is 9.15. The highest BCUT2D eigenvalue weighted by molar-refractivity contribution is 5.58. The van der Waals surface area contributed by atoms with E-state index in [0.717, 1.165) is 24.6 Å². The number of likely N-dealkylation sites (tertiary alicyclic amines) is 1. The Morgan fingerprint density at radius 2 is 1.77 bits per heavy atom. The number of piperidine rings is 2. The summed E-state index contributed by atoms with van der Waals surface area (Å²) in [7, 11) is 0. The quantitative estimate of drug-likeness (QED) is 0.861. The maximum Gasteiger partial charge on any atom is 0.0370 e. The fourth-order valence-electron chi connectivity index (χ4n) is 4.05. The number of nitrogen functional groups attached to an aromatic ring is 1. The van der Waals surface area contributed by atoms with Crippen molar-refractivity contribution < 1.29 is 0 Å². The van der Waals surface area contributed by atoms with Crippen LogP contribution in [-0.2, 0) is 6.42 Å². The third-order valence-electron chi connectivity index (χ3n) is 5.38. The van der Waals surface area contributed by atoms with Crippen molar-refractivity contribution in [2.75, 3.05) is 36.8 Å². The van der Waals surface area contributed by atoms with Gasteiger partial charge in [0, 0.05) is 30.5 Å². The molecule has 0 atom stereocenters. The second-order valence-electron chi connectivity index (χ2n) is 6.95. The van der Waals surface area contributed by atoms with Gasteiger partial charge in [0.1, 0.15) is 0 Å². The minimum atomic E-state index is 0.820. The maximum absolute atomic E-state index is 6.10. The van der Waals surface area contributed by atoms with E-state index in [1.807, 2.05) is 0 Å². The largest absolute Gasteiger partial charge is 0.399 e. The van der Waals surface area contributed by atoms with Crippen LogP contribution in [0.4, 0.5) is 11.4 Å². The minimum absolute atomic E-state index is 0.820. The van der Waals surface area contributed by atoms with Gasteiger partial charge in [0.25, 0.3) is 0 Å². The molecule has 0 aromatic heterocycles. The molecule has 3 rings (SSSR count). The summed E-state index contributed by atoms with van der Waals surface area (Å²) >= 11 is 0. The lowest BCUT2D eigenvalue weighted by molar-refractivity contribution is 0.141. The van der Waals surface area contributed by atoms with E-state index >= 15 is 0 Å².